The Morgan fingerprint density at radius 1 is 0.975 bits per heavy atom. The summed E-state index contributed by atoms with van der Waals surface area (Å²) in [5.41, 5.74) is 3.18. The zero-order chi connectivity index (χ0) is 28.9. The van der Waals surface area contributed by atoms with Crippen molar-refractivity contribution in [3.05, 3.63) is 88.4 Å². The summed E-state index contributed by atoms with van der Waals surface area (Å²) in [6.45, 7) is 4.00. The molecule has 0 amide bonds. The number of carbonyl (C=O) groups is 2. The highest BCUT2D eigenvalue weighted by molar-refractivity contribution is 6.30. The van der Waals surface area contributed by atoms with Gasteiger partial charge in [-0.1, -0.05) is 53.2 Å². The van der Waals surface area contributed by atoms with Crippen molar-refractivity contribution < 1.29 is 33.4 Å². The molecule has 1 unspecified atom stereocenters. The Labute approximate surface area is 239 Å². The summed E-state index contributed by atoms with van der Waals surface area (Å²) in [6.07, 6.45) is 0.0885. The van der Waals surface area contributed by atoms with Crippen LogP contribution in [-0.2, 0) is 30.5 Å². The third kappa shape index (κ3) is 8.91. The second-order valence-electron chi connectivity index (χ2n) is 8.57. The Morgan fingerprint density at radius 2 is 1.75 bits per heavy atom. The van der Waals surface area contributed by atoms with Crippen molar-refractivity contribution in [3.8, 4) is 11.5 Å². The van der Waals surface area contributed by atoms with Crippen LogP contribution in [0.3, 0.4) is 0 Å². The van der Waals surface area contributed by atoms with Gasteiger partial charge in [-0.05, 0) is 43.7 Å². The fraction of sp³-hybridized carbons (Fsp3) is 0.300. The minimum absolute atomic E-state index is 0.0803. The third-order valence-electron chi connectivity index (χ3n) is 5.74. The molecule has 0 aliphatic rings. The lowest BCUT2D eigenvalue weighted by atomic mass is 10.0. The SMILES string of the molecule is CCOC(=O)CCON=C(C)c1cc(NC(C(=O)OCc2ccccc2)c2ccc(Cl)cc2OC)cc(OC)c1. The van der Waals surface area contributed by atoms with Crippen molar-refractivity contribution in [3.63, 3.8) is 0 Å². The molecule has 0 heterocycles. The van der Waals surface area contributed by atoms with Gasteiger partial charge in [-0.2, -0.15) is 0 Å². The third-order valence-corrected chi connectivity index (χ3v) is 5.98. The Balaban J connectivity index is 1.87. The zero-order valence-corrected chi connectivity index (χ0v) is 23.7. The van der Waals surface area contributed by atoms with E-state index in [0.717, 1.165) is 5.56 Å². The molecule has 3 aromatic rings. The van der Waals surface area contributed by atoms with Crippen LogP contribution in [0.5, 0.6) is 11.5 Å². The van der Waals surface area contributed by atoms with E-state index in [1.807, 2.05) is 30.3 Å². The van der Waals surface area contributed by atoms with Crippen molar-refractivity contribution in [2.45, 2.75) is 32.9 Å². The molecule has 40 heavy (non-hydrogen) atoms. The van der Waals surface area contributed by atoms with Crippen LogP contribution in [0.1, 0.15) is 43.0 Å². The van der Waals surface area contributed by atoms with Gasteiger partial charge in [-0.15, -0.1) is 0 Å². The lowest BCUT2D eigenvalue weighted by molar-refractivity contribution is -0.146. The van der Waals surface area contributed by atoms with Crippen LogP contribution < -0.4 is 14.8 Å². The summed E-state index contributed by atoms with van der Waals surface area (Å²) in [5.74, 6) is 0.0886. The standard InChI is InChI=1S/C30H33ClN2O7/c1-5-38-28(34)13-14-40-33-20(2)22-15-24(18-25(16-22)36-3)32-29(26-12-11-23(31)17-27(26)37-4)30(35)39-19-21-9-7-6-8-10-21/h6-12,15-18,29,32H,5,13-14,19H2,1-4H3. The van der Waals surface area contributed by atoms with E-state index in [4.69, 9.17) is 35.4 Å². The minimum Gasteiger partial charge on any atom is -0.497 e. The first kappa shape index (κ1) is 30.3. The highest BCUT2D eigenvalue weighted by Gasteiger charge is 2.26. The lowest BCUT2D eigenvalue weighted by Gasteiger charge is -2.22. The van der Waals surface area contributed by atoms with E-state index < -0.39 is 12.0 Å². The van der Waals surface area contributed by atoms with Gasteiger partial charge in [0.05, 0.1) is 33.0 Å². The van der Waals surface area contributed by atoms with Gasteiger partial charge in [0, 0.05) is 27.9 Å². The van der Waals surface area contributed by atoms with Gasteiger partial charge in [0.1, 0.15) is 24.7 Å². The van der Waals surface area contributed by atoms with Gasteiger partial charge in [-0.25, -0.2) is 4.79 Å². The zero-order valence-electron chi connectivity index (χ0n) is 22.9. The lowest BCUT2D eigenvalue weighted by Crippen LogP contribution is -2.24. The van der Waals surface area contributed by atoms with E-state index in [1.165, 1.54) is 7.11 Å². The quantitative estimate of drug-likeness (QED) is 0.110. The van der Waals surface area contributed by atoms with Crippen LogP contribution in [0.2, 0.25) is 5.02 Å². The number of oxime groups is 1. The molecule has 9 nitrogen and oxygen atoms in total. The average Bonchev–Trinajstić information content (AvgIpc) is 2.97. The van der Waals surface area contributed by atoms with E-state index in [2.05, 4.69) is 10.5 Å². The Bertz CT molecular complexity index is 1310. The first-order chi connectivity index (χ1) is 19.3. The summed E-state index contributed by atoms with van der Waals surface area (Å²) in [5, 5.41) is 7.84. The number of ether oxygens (including phenoxy) is 4. The highest BCUT2D eigenvalue weighted by Crippen LogP contribution is 2.33. The van der Waals surface area contributed by atoms with Crippen LogP contribution in [0.15, 0.2) is 71.9 Å². The molecular weight excluding hydrogens is 536 g/mol. The predicted octanol–water partition coefficient (Wildman–Crippen LogP) is 5.95. The van der Waals surface area contributed by atoms with E-state index in [0.29, 0.717) is 45.7 Å². The summed E-state index contributed by atoms with van der Waals surface area (Å²) in [6, 6.07) is 18.8. The number of methoxy groups -OCH3 is 2. The Hall–Kier alpha value is -4.24. The van der Waals surface area contributed by atoms with Gasteiger partial charge in [-0.3, -0.25) is 4.79 Å². The van der Waals surface area contributed by atoms with Crippen molar-refractivity contribution in [2.24, 2.45) is 5.16 Å². The van der Waals surface area contributed by atoms with Crippen molar-refractivity contribution in [2.75, 3.05) is 32.8 Å². The second-order valence-corrected chi connectivity index (χ2v) is 9.01. The van der Waals surface area contributed by atoms with E-state index >= 15 is 0 Å². The second kappa shape index (κ2) is 15.4. The Morgan fingerprint density at radius 3 is 2.45 bits per heavy atom. The molecule has 0 saturated carbocycles. The van der Waals surface area contributed by atoms with Crippen molar-refractivity contribution >= 4 is 34.9 Å². The first-order valence-electron chi connectivity index (χ1n) is 12.7. The van der Waals surface area contributed by atoms with Crippen LogP contribution in [-0.4, -0.2) is 45.1 Å². The number of anilines is 1. The largest absolute Gasteiger partial charge is 0.497 e. The number of benzene rings is 3. The molecule has 3 rings (SSSR count). The smallest absolute Gasteiger partial charge is 0.333 e. The number of hydrogen-bond donors (Lipinski definition) is 1. The fourth-order valence-electron chi connectivity index (χ4n) is 3.73. The number of halogens is 1. The first-order valence-corrected chi connectivity index (χ1v) is 13.0. The molecule has 0 aromatic heterocycles. The van der Waals surface area contributed by atoms with E-state index in [1.54, 1.807) is 57.4 Å². The molecule has 1 atom stereocenters. The number of esters is 2. The molecule has 0 bridgehead atoms. The van der Waals surface area contributed by atoms with Crippen LogP contribution in [0.4, 0.5) is 5.69 Å². The normalized spacial score (nSPS) is 11.8. The molecule has 0 fully saturated rings. The predicted molar refractivity (Wildman–Crippen MR) is 153 cm³/mol. The maximum atomic E-state index is 13.4. The maximum Gasteiger partial charge on any atom is 0.333 e. The number of hydrogen-bond acceptors (Lipinski definition) is 9. The molecule has 0 radical (unpaired) electrons. The van der Waals surface area contributed by atoms with Gasteiger partial charge in [0.15, 0.2) is 6.04 Å². The van der Waals surface area contributed by atoms with Gasteiger partial charge in [0.25, 0.3) is 0 Å². The van der Waals surface area contributed by atoms with E-state index in [-0.39, 0.29) is 25.6 Å². The van der Waals surface area contributed by atoms with E-state index in [9.17, 15) is 9.59 Å². The molecule has 0 aliphatic heterocycles. The Kier molecular flexibility index (Phi) is 11.6. The summed E-state index contributed by atoms with van der Waals surface area (Å²) < 4.78 is 21.6. The summed E-state index contributed by atoms with van der Waals surface area (Å²) in [4.78, 5) is 30.3. The van der Waals surface area contributed by atoms with Crippen LogP contribution >= 0.6 is 11.6 Å². The van der Waals surface area contributed by atoms with Crippen molar-refractivity contribution in [1.29, 1.82) is 0 Å². The molecular formula is C30H33ClN2O7. The number of nitrogens with zero attached hydrogens (tertiary/aromatic N) is 1. The molecule has 1 N–H and O–H groups in total. The molecule has 3 aromatic carbocycles. The monoisotopic (exact) mass is 568 g/mol. The summed E-state index contributed by atoms with van der Waals surface area (Å²) in [7, 11) is 3.05. The van der Waals surface area contributed by atoms with Crippen LogP contribution in [0.25, 0.3) is 0 Å². The minimum atomic E-state index is -0.936. The van der Waals surface area contributed by atoms with Gasteiger partial charge >= 0.3 is 11.9 Å². The average molecular weight is 569 g/mol. The van der Waals surface area contributed by atoms with Crippen LogP contribution in [0, 0.1) is 0 Å². The molecule has 0 spiro atoms. The molecule has 10 heteroatoms. The molecule has 212 valence electrons. The molecule has 0 saturated heterocycles. The highest BCUT2D eigenvalue weighted by atomic mass is 35.5. The number of nitrogens with one attached hydrogen (secondary N) is 1. The molecule has 0 aliphatic carbocycles. The number of rotatable bonds is 14. The van der Waals surface area contributed by atoms with Crippen molar-refractivity contribution in [1.82, 2.24) is 0 Å². The fourth-order valence-corrected chi connectivity index (χ4v) is 3.89. The summed E-state index contributed by atoms with van der Waals surface area (Å²) >= 11 is 6.18. The topological polar surface area (TPSA) is 105 Å². The van der Waals surface area contributed by atoms with Gasteiger partial charge < -0.3 is 29.1 Å². The van der Waals surface area contributed by atoms with Gasteiger partial charge in [0.2, 0.25) is 0 Å². The number of carbonyl (C=O) groups excluding carboxylic acids is 2. The maximum absolute atomic E-state index is 13.4.